The minimum Gasteiger partial charge on any atom is -0.480 e. The summed E-state index contributed by atoms with van der Waals surface area (Å²) in [5.41, 5.74) is 0. The van der Waals surface area contributed by atoms with Crippen molar-refractivity contribution in [1.29, 1.82) is 0 Å². The zero-order valence-electron chi connectivity index (χ0n) is 11.0. The molecule has 1 fully saturated rings. The molecule has 2 N–H and O–H groups in total. The highest BCUT2D eigenvalue weighted by Crippen LogP contribution is 2.12. The van der Waals surface area contributed by atoms with Gasteiger partial charge in [-0.1, -0.05) is 13.3 Å². The number of carboxylic acids is 1. The number of sulfonamides is 1. The summed E-state index contributed by atoms with van der Waals surface area (Å²) in [6, 6.07) is -0.824. The van der Waals surface area contributed by atoms with E-state index in [-0.39, 0.29) is 12.3 Å². The molecule has 1 saturated heterocycles. The van der Waals surface area contributed by atoms with Crippen LogP contribution in [-0.2, 0) is 19.6 Å². The summed E-state index contributed by atoms with van der Waals surface area (Å²) >= 11 is 0. The maximum absolute atomic E-state index is 11.9. The predicted octanol–water partition coefficient (Wildman–Crippen LogP) is -0.218. The fourth-order valence-electron chi connectivity index (χ4n) is 1.98. The van der Waals surface area contributed by atoms with Crippen LogP contribution >= 0.6 is 0 Å². The summed E-state index contributed by atoms with van der Waals surface area (Å²) in [6.45, 7) is 1.86. The Morgan fingerprint density at radius 2 is 2.21 bits per heavy atom. The molecule has 1 rings (SSSR count). The molecule has 1 amide bonds. The van der Waals surface area contributed by atoms with Gasteiger partial charge in [0, 0.05) is 6.54 Å². The van der Waals surface area contributed by atoms with Crippen LogP contribution in [0.15, 0.2) is 0 Å². The monoisotopic (exact) mass is 292 g/mol. The number of unbranched alkanes of at least 4 members (excludes halogenated alkanes) is 1. The van der Waals surface area contributed by atoms with Crippen molar-refractivity contribution in [3.63, 3.8) is 0 Å². The minimum atomic E-state index is -3.47. The van der Waals surface area contributed by atoms with Gasteiger partial charge in [0.05, 0.1) is 5.75 Å². The first kappa shape index (κ1) is 15.9. The number of hydrogen-bond acceptors (Lipinski definition) is 4. The molecule has 0 aromatic heterocycles. The number of carbonyl (C=O) groups excluding carboxylic acids is 1. The lowest BCUT2D eigenvalue weighted by Gasteiger charge is -2.31. The molecule has 0 radical (unpaired) electrons. The highest BCUT2D eigenvalue weighted by Gasteiger charge is 2.32. The molecule has 0 saturated carbocycles. The Morgan fingerprint density at radius 1 is 1.53 bits per heavy atom. The standard InChI is InChI=1S/C11H20N2O5S/c1-2-3-7-19(17,18)12-9-5-4-6-13(11(9)16)8-10(14)15/h9,12H,2-8H2,1H3,(H,14,15)/t9-/m0/s1. The van der Waals surface area contributed by atoms with Gasteiger partial charge in [0.25, 0.3) is 0 Å². The molecule has 0 bridgehead atoms. The van der Waals surface area contributed by atoms with Crippen LogP contribution in [0.5, 0.6) is 0 Å². The lowest BCUT2D eigenvalue weighted by molar-refractivity contribution is -0.146. The zero-order valence-corrected chi connectivity index (χ0v) is 11.8. The Labute approximate surface area is 113 Å². The molecular formula is C11H20N2O5S. The molecule has 1 aliphatic heterocycles. The van der Waals surface area contributed by atoms with Crippen molar-refractivity contribution in [3.05, 3.63) is 0 Å². The van der Waals surface area contributed by atoms with Crippen LogP contribution in [0.25, 0.3) is 0 Å². The second-order valence-electron chi connectivity index (χ2n) is 4.64. The van der Waals surface area contributed by atoms with E-state index >= 15 is 0 Å². The maximum atomic E-state index is 11.9. The van der Waals surface area contributed by atoms with Gasteiger partial charge in [0.1, 0.15) is 12.6 Å². The van der Waals surface area contributed by atoms with Gasteiger partial charge in [0.2, 0.25) is 15.9 Å². The number of likely N-dealkylation sites (tertiary alicyclic amines) is 1. The van der Waals surface area contributed by atoms with E-state index in [0.29, 0.717) is 25.8 Å². The van der Waals surface area contributed by atoms with Crippen molar-refractivity contribution >= 4 is 21.9 Å². The number of carbonyl (C=O) groups is 2. The molecule has 19 heavy (non-hydrogen) atoms. The first-order chi connectivity index (χ1) is 8.85. The molecular weight excluding hydrogens is 272 g/mol. The first-order valence-electron chi connectivity index (χ1n) is 6.36. The quantitative estimate of drug-likeness (QED) is 0.675. The van der Waals surface area contributed by atoms with Gasteiger partial charge >= 0.3 is 5.97 Å². The number of nitrogens with one attached hydrogen (secondary N) is 1. The maximum Gasteiger partial charge on any atom is 0.323 e. The number of nitrogens with zero attached hydrogens (tertiary/aromatic N) is 1. The van der Waals surface area contributed by atoms with Crippen LogP contribution in [0.3, 0.4) is 0 Å². The van der Waals surface area contributed by atoms with Crippen molar-refractivity contribution < 1.29 is 23.1 Å². The number of hydrogen-bond donors (Lipinski definition) is 2. The average Bonchev–Trinajstić information content (AvgIpc) is 2.31. The molecule has 0 aliphatic carbocycles. The normalized spacial score (nSPS) is 20.6. The van der Waals surface area contributed by atoms with Gasteiger partial charge in [-0.05, 0) is 19.3 Å². The second kappa shape index (κ2) is 6.85. The van der Waals surface area contributed by atoms with Crippen LogP contribution in [-0.4, -0.2) is 55.2 Å². The summed E-state index contributed by atoms with van der Waals surface area (Å²) in [7, 11) is -3.47. The van der Waals surface area contributed by atoms with Crippen LogP contribution in [0, 0.1) is 0 Å². The van der Waals surface area contributed by atoms with E-state index in [2.05, 4.69) is 4.72 Å². The Bertz CT molecular complexity index is 434. The van der Waals surface area contributed by atoms with Crippen molar-refractivity contribution in [2.75, 3.05) is 18.8 Å². The van der Waals surface area contributed by atoms with E-state index in [4.69, 9.17) is 5.11 Å². The van der Waals surface area contributed by atoms with Crippen molar-refractivity contribution in [1.82, 2.24) is 9.62 Å². The van der Waals surface area contributed by atoms with Crippen LogP contribution in [0.1, 0.15) is 32.6 Å². The number of rotatable bonds is 7. The molecule has 0 aromatic rings. The van der Waals surface area contributed by atoms with E-state index in [1.807, 2.05) is 6.92 Å². The third-order valence-corrected chi connectivity index (χ3v) is 4.41. The molecule has 0 spiro atoms. The van der Waals surface area contributed by atoms with E-state index in [0.717, 1.165) is 6.42 Å². The molecule has 0 aromatic carbocycles. The lowest BCUT2D eigenvalue weighted by atomic mass is 10.1. The third kappa shape index (κ3) is 5.15. The van der Waals surface area contributed by atoms with E-state index < -0.39 is 27.9 Å². The highest BCUT2D eigenvalue weighted by molar-refractivity contribution is 7.89. The van der Waals surface area contributed by atoms with Crippen molar-refractivity contribution in [3.8, 4) is 0 Å². The van der Waals surface area contributed by atoms with Gasteiger partial charge in [-0.15, -0.1) is 0 Å². The Hall–Kier alpha value is -1.15. The van der Waals surface area contributed by atoms with Crippen LogP contribution < -0.4 is 4.72 Å². The van der Waals surface area contributed by atoms with Gasteiger partial charge in [-0.2, -0.15) is 0 Å². The Balaban J connectivity index is 2.62. The van der Waals surface area contributed by atoms with E-state index in [1.165, 1.54) is 4.90 Å². The third-order valence-electron chi connectivity index (χ3n) is 2.95. The van der Waals surface area contributed by atoms with Gasteiger partial charge in [-0.3, -0.25) is 9.59 Å². The summed E-state index contributed by atoms with van der Waals surface area (Å²) in [5.74, 6) is -1.55. The fourth-order valence-corrected chi connectivity index (χ4v) is 3.42. The van der Waals surface area contributed by atoms with E-state index in [9.17, 15) is 18.0 Å². The van der Waals surface area contributed by atoms with E-state index in [1.54, 1.807) is 0 Å². The minimum absolute atomic E-state index is 0.00773. The van der Waals surface area contributed by atoms with Gasteiger partial charge in [-0.25, -0.2) is 13.1 Å². The first-order valence-corrected chi connectivity index (χ1v) is 8.01. The Kier molecular flexibility index (Phi) is 5.74. The van der Waals surface area contributed by atoms with Crippen LogP contribution in [0.2, 0.25) is 0 Å². The smallest absolute Gasteiger partial charge is 0.323 e. The second-order valence-corrected chi connectivity index (χ2v) is 6.51. The summed E-state index contributed by atoms with van der Waals surface area (Å²) in [4.78, 5) is 23.7. The summed E-state index contributed by atoms with van der Waals surface area (Å²) < 4.78 is 25.8. The number of amides is 1. The van der Waals surface area contributed by atoms with Gasteiger partial charge < -0.3 is 10.0 Å². The Morgan fingerprint density at radius 3 is 2.79 bits per heavy atom. The molecule has 7 nitrogen and oxygen atoms in total. The van der Waals surface area contributed by atoms with Crippen LogP contribution in [0.4, 0.5) is 0 Å². The largest absolute Gasteiger partial charge is 0.480 e. The number of aliphatic carboxylic acids is 1. The highest BCUT2D eigenvalue weighted by atomic mass is 32.2. The fraction of sp³-hybridized carbons (Fsp3) is 0.818. The summed E-state index contributed by atoms with van der Waals surface area (Å²) in [5, 5.41) is 8.69. The van der Waals surface area contributed by atoms with Gasteiger partial charge in [0.15, 0.2) is 0 Å². The molecule has 110 valence electrons. The van der Waals surface area contributed by atoms with Crippen molar-refractivity contribution in [2.24, 2.45) is 0 Å². The molecule has 0 unspecified atom stereocenters. The molecule has 1 atom stereocenters. The average molecular weight is 292 g/mol. The number of piperidine rings is 1. The zero-order chi connectivity index (χ0) is 14.5. The molecule has 1 heterocycles. The number of carboxylic acid groups (broad SMARTS) is 1. The molecule has 8 heteroatoms. The lowest BCUT2D eigenvalue weighted by Crippen LogP contribution is -2.53. The van der Waals surface area contributed by atoms with Crippen molar-refractivity contribution in [2.45, 2.75) is 38.6 Å². The predicted molar refractivity (Wildman–Crippen MR) is 69.1 cm³/mol. The molecule has 1 aliphatic rings. The SMILES string of the molecule is CCCCS(=O)(=O)N[C@H]1CCCN(CC(=O)O)C1=O. The summed E-state index contributed by atoms with van der Waals surface area (Å²) in [6.07, 6.45) is 2.31. The topological polar surface area (TPSA) is 104 Å².